The van der Waals surface area contributed by atoms with Crippen molar-refractivity contribution < 1.29 is 24.2 Å². The highest BCUT2D eigenvalue weighted by molar-refractivity contribution is 8.02. The SMILES string of the molecule is C=CCCCOC(=O)[C@@H]1[C@H]2C(=O)N([C@H](CO)c3ccccc3)C(C(=O)N(CC=C)C(C)(C)CC(C)(C)C)C23CC[C@@]1(C)S3. The highest BCUT2D eigenvalue weighted by Gasteiger charge is 2.78. The van der Waals surface area contributed by atoms with Crippen LogP contribution in [0.25, 0.3) is 0 Å². The molecule has 8 heteroatoms. The number of carbonyl (C=O) groups excluding carboxylic acids is 3. The molecular weight excluding hydrogens is 560 g/mol. The smallest absolute Gasteiger partial charge is 0.311 e. The van der Waals surface area contributed by atoms with Gasteiger partial charge in [-0.1, -0.05) is 63.3 Å². The van der Waals surface area contributed by atoms with Crippen molar-refractivity contribution in [3.8, 4) is 0 Å². The fourth-order valence-electron chi connectivity index (χ4n) is 8.16. The summed E-state index contributed by atoms with van der Waals surface area (Å²) in [5.41, 5.74) is 0.163. The van der Waals surface area contributed by atoms with Crippen LogP contribution in [-0.2, 0) is 19.1 Å². The molecule has 0 radical (unpaired) electrons. The van der Waals surface area contributed by atoms with Crippen LogP contribution in [0.15, 0.2) is 55.6 Å². The number of rotatable bonds is 13. The molecule has 3 aliphatic rings. The first kappa shape index (κ1) is 33.3. The van der Waals surface area contributed by atoms with E-state index in [-0.39, 0.29) is 36.4 Å². The number of allylic oxidation sites excluding steroid dienone is 1. The number of benzene rings is 1. The number of carbonyl (C=O) groups is 3. The summed E-state index contributed by atoms with van der Waals surface area (Å²) in [5.74, 6) is -2.17. The first-order chi connectivity index (χ1) is 20.2. The van der Waals surface area contributed by atoms with Crippen LogP contribution in [0.5, 0.6) is 0 Å². The molecule has 3 saturated heterocycles. The van der Waals surface area contributed by atoms with Crippen LogP contribution in [0.3, 0.4) is 0 Å². The van der Waals surface area contributed by atoms with E-state index in [0.29, 0.717) is 25.8 Å². The number of likely N-dealkylation sites (tertiary alicyclic amines) is 1. The van der Waals surface area contributed by atoms with Crippen molar-refractivity contribution in [2.45, 2.75) is 101 Å². The predicted molar refractivity (Wildman–Crippen MR) is 172 cm³/mol. The first-order valence-corrected chi connectivity index (χ1v) is 16.4. The Kier molecular flexibility index (Phi) is 9.63. The number of hydrogen-bond donors (Lipinski definition) is 1. The van der Waals surface area contributed by atoms with Crippen molar-refractivity contribution in [1.82, 2.24) is 9.80 Å². The molecule has 7 nitrogen and oxygen atoms in total. The second kappa shape index (κ2) is 12.4. The van der Waals surface area contributed by atoms with E-state index in [1.165, 1.54) is 0 Å². The summed E-state index contributed by atoms with van der Waals surface area (Å²) in [7, 11) is 0. The summed E-state index contributed by atoms with van der Waals surface area (Å²) in [6, 6.07) is 7.80. The molecule has 6 atom stereocenters. The maximum Gasteiger partial charge on any atom is 0.311 e. The molecule has 1 spiro atoms. The Hall–Kier alpha value is -2.58. The number of aliphatic hydroxyl groups excluding tert-OH is 1. The second-order valence-electron chi connectivity index (χ2n) is 14.5. The third kappa shape index (κ3) is 6.06. The minimum atomic E-state index is -0.855. The zero-order valence-corrected chi connectivity index (χ0v) is 27.6. The number of esters is 1. The molecule has 0 aromatic heterocycles. The van der Waals surface area contributed by atoms with Crippen LogP contribution in [0.1, 0.15) is 85.3 Å². The van der Waals surface area contributed by atoms with E-state index >= 15 is 4.79 Å². The van der Waals surface area contributed by atoms with Gasteiger partial charge in [-0.25, -0.2) is 0 Å². The van der Waals surface area contributed by atoms with E-state index in [2.05, 4.69) is 47.8 Å². The zero-order chi connectivity index (χ0) is 31.8. The van der Waals surface area contributed by atoms with Crippen molar-refractivity contribution in [3.05, 3.63) is 61.2 Å². The van der Waals surface area contributed by atoms with Gasteiger partial charge in [-0.3, -0.25) is 14.4 Å². The highest BCUT2D eigenvalue weighted by Crippen LogP contribution is 2.72. The van der Waals surface area contributed by atoms with Gasteiger partial charge in [0.15, 0.2) is 0 Å². The third-order valence-electron chi connectivity index (χ3n) is 9.46. The number of aliphatic hydroxyl groups is 1. The van der Waals surface area contributed by atoms with Gasteiger partial charge in [-0.2, -0.15) is 0 Å². The van der Waals surface area contributed by atoms with E-state index in [1.54, 1.807) is 28.8 Å². The maximum absolute atomic E-state index is 15.1. The second-order valence-corrected chi connectivity index (χ2v) is 16.4. The van der Waals surface area contributed by atoms with Gasteiger partial charge in [0, 0.05) is 16.8 Å². The zero-order valence-electron chi connectivity index (χ0n) is 26.8. The molecule has 4 rings (SSSR count). The van der Waals surface area contributed by atoms with Crippen LogP contribution in [0.2, 0.25) is 0 Å². The third-order valence-corrected chi connectivity index (χ3v) is 11.4. The topological polar surface area (TPSA) is 87.1 Å². The van der Waals surface area contributed by atoms with Crippen molar-refractivity contribution in [2.24, 2.45) is 17.3 Å². The summed E-state index contributed by atoms with van der Waals surface area (Å²) in [4.78, 5) is 47.1. The lowest BCUT2D eigenvalue weighted by atomic mass is 9.66. The predicted octanol–water partition coefficient (Wildman–Crippen LogP) is 5.94. The molecule has 3 aliphatic heterocycles. The fraction of sp³-hybridized carbons (Fsp3) is 0.629. The molecule has 3 heterocycles. The Morgan fingerprint density at radius 2 is 1.84 bits per heavy atom. The van der Waals surface area contributed by atoms with E-state index in [4.69, 9.17) is 4.74 Å². The molecule has 0 aliphatic carbocycles. The number of hydrogen-bond acceptors (Lipinski definition) is 6. The quantitative estimate of drug-likeness (QED) is 0.169. The van der Waals surface area contributed by atoms with Gasteiger partial charge in [-0.05, 0) is 63.9 Å². The van der Waals surface area contributed by atoms with Crippen molar-refractivity contribution in [2.75, 3.05) is 19.8 Å². The molecular formula is C35H50N2O5S. The normalized spacial score (nSPS) is 28.9. The summed E-state index contributed by atoms with van der Waals surface area (Å²) >= 11 is 1.62. The lowest BCUT2D eigenvalue weighted by Crippen LogP contribution is -2.60. The van der Waals surface area contributed by atoms with Crippen molar-refractivity contribution >= 4 is 29.5 Å². The summed E-state index contributed by atoms with van der Waals surface area (Å²) in [6.07, 6.45) is 7.01. The van der Waals surface area contributed by atoms with Crippen LogP contribution < -0.4 is 0 Å². The van der Waals surface area contributed by atoms with E-state index in [1.807, 2.05) is 42.2 Å². The Balaban J connectivity index is 1.84. The standard InChI is InChI=1S/C35H50N2O5S/c1-9-11-15-21-42-31(41)27-26-29(39)37(25(22-38)24-16-13-12-14-17-24)28(35(26)19-18-34(27,8)43-35)30(40)36(20-10-2)33(6,7)23-32(3,4)5/h9-10,12-14,16-17,25-28,38H,1-2,11,15,18-23H2,3-8H3/t25-,26+,27+,28?,34-,35?/m1/s1. The van der Waals surface area contributed by atoms with Gasteiger partial charge in [-0.15, -0.1) is 24.9 Å². The molecule has 0 saturated carbocycles. The van der Waals surface area contributed by atoms with Gasteiger partial charge >= 0.3 is 5.97 Å². The molecule has 236 valence electrons. The largest absolute Gasteiger partial charge is 0.465 e. The molecule has 2 amide bonds. The molecule has 1 aromatic carbocycles. The van der Waals surface area contributed by atoms with Gasteiger partial charge in [0.1, 0.15) is 6.04 Å². The average Bonchev–Trinajstić information content (AvgIpc) is 3.50. The molecule has 3 fully saturated rings. The van der Waals surface area contributed by atoms with E-state index in [9.17, 15) is 14.7 Å². The van der Waals surface area contributed by atoms with Gasteiger partial charge in [0.25, 0.3) is 0 Å². The highest BCUT2D eigenvalue weighted by atomic mass is 32.2. The molecule has 43 heavy (non-hydrogen) atoms. The Morgan fingerprint density at radius 1 is 1.16 bits per heavy atom. The summed E-state index contributed by atoms with van der Waals surface area (Å²) in [5, 5.41) is 10.8. The van der Waals surface area contributed by atoms with Gasteiger partial charge < -0.3 is 19.6 Å². The number of ether oxygens (including phenoxy) is 1. The Bertz CT molecular complexity index is 1230. The van der Waals surface area contributed by atoms with Crippen molar-refractivity contribution in [3.63, 3.8) is 0 Å². The summed E-state index contributed by atoms with van der Waals surface area (Å²) in [6.45, 7) is 20.6. The van der Waals surface area contributed by atoms with Crippen LogP contribution in [-0.4, -0.2) is 73.5 Å². The van der Waals surface area contributed by atoms with Gasteiger partial charge in [0.2, 0.25) is 11.8 Å². The minimum absolute atomic E-state index is 0.0542. The average molecular weight is 611 g/mol. The Morgan fingerprint density at radius 3 is 2.42 bits per heavy atom. The van der Waals surface area contributed by atoms with Crippen LogP contribution in [0, 0.1) is 17.3 Å². The fourth-order valence-corrected chi connectivity index (χ4v) is 10.5. The lowest BCUT2D eigenvalue weighted by Gasteiger charge is -2.46. The van der Waals surface area contributed by atoms with E-state index < -0.39 is 39.0 Å². The van der Waals surface area contributed by atoms with Crippen LogP contribution in [0.4, 0.5) is 0 Å². The Labute approximate surface area is 262 Å². The van der Waals surface area contributed by atoms with Crippen LogP contribution >= 0.6 is 11.8 Å². The maximum atomic E-state index is 15.1. The first-order valence-electron chi connectivity index (χ1n) is 15.6. The van der Waals surface area contributed by atoms with Gasteiger partial charge in [0.05, 0.1) is 35.8 Å². The number of thioether (sulfide) groups is 1. The van der Waals surface area contributed by atoms with E-state index in [0.717, 1.165) is 18.4 Å². The molecule has 1 aromatic rings. The number of nitrogens with zero attached hydrogens (tertiary/aromatic N) is 2. The minimum Gasteiger partial charge on any atom is -0.465 e. The number of amides is 2. The number of fused-ring (bicyclic) bond motifs is 1. The monoisotopic (exact) mass is 610 g/mol. The lowest BCUT2D eigenvalue weighted by molar-refractivity contribution is -0.156. The molecule has 2 bridgehead atoms. The number of unbranched alkanes of at least 4 members (excludes halogenated alkanes) is 1. The summed E-state index contributed by atoms with van der Waals surface area (Å²) < 4.78 is 4.43. The van der Waals surface area contributed by atoms with Crippen molar-refractivity contribution in [1.29, 1.82) is 0 Å². The molecule has 2 unspecified atom stereocenters. The molecule has 1 N–H and O–H groups in total.